The van der Waals surface area contributed by atoms with Gasteiger partial charge in [0, 0.05) is 12.8 Å². The molecule has 2 aliphatic carbocycles. The Morgan fingerprint density at radius 3 is 2.25 bits per heavy atom. The topological polar surface area (TPSA) is 46.2 Å². The predicted molar refractivity (Wildman–Crippen MR) is 66.3 cm³/mol. The Kier molecular flexibility index (Phi) is 3.08. The first kappa shape index (κ1) is 12.4. The molecule has 0 heterocycles. The van der Waals surface area contributed by atoms with Gasteiger partial charge in [-0.15, -0.1) is 0 Å². The van der Waals surface area contributed by atoms with E-state index in [-0.39, 0.29) is 0 Å². The van der Waals surface area contributed by atoms with Crippen molar-refractivity contribution in [2.45, 2.75) is 50.2 Å². The van der Waals surface area contributed by atoms with E-state index < -0.39 is 14.6 Å². The minimum Gasteiger partial charge on any atom is -0.315 e. The van der Waals surface area contributed by atoms with Crippen molar-refractivity contribution in [3.8, 4) is 0 Å². The summed E-state index contributed by atoms with van der Waals surface area (Å²) in [5, 5.41) is 3.29. The maximum absolute atomic E-state index is 11.9. The standard InChI is InChI=1S/C12H23NO2S/c1-3-7-13-10-12(16(2,14)15)8-11(9-12)5-4-6-11/h13H,3-10H2,1-2H3. The fraction of sp³-hybridized carbons (Fsp3) is 1.00. The van der Waals surface area contributed by atoms with Gasteiger partial charge in [0.1, 0.15) is 0 Å². The van der Waals surface area contributed by atoms with Gasteiger partial charge in [-0.2, -0.15) is 0 Å². The highest BCUT2D eigenvalue weighted by molar-refractivity contribution is 7.92. The largest absolute Gasteiger partial charge is 0.315 e. The van der Waals surface area contributed by atoms with Crippen LogP contribution < -0.4 is 5.32 Å². The lowest BCUT2D eigenvalue weighted by molar-refractivity contribution is -0.00824. The van der Waals surface area contributed by atoms with Crippen LogP contribution in [0.15, 0.2) is 0 Å². The molecule has 94 valence electrons. The van der Waals surface area contributed by atoms with E-state index in [1.807, 2.05) is 0 Å². The Morgan fingerprint density at radius 2 is 1.88 bits per heavy atom. The molecule has 2 saturated carbocycles. The highest BCUT2D eigenvalue weighted by atomic mass is 32.2. The number of rotatable bonds is 5. The second kappa shape index (κ2) is 3.98. The molecule has 1 spiro atoms. The second-order valence-corrected chi connectivity index (χ2v) is 8.25. The molecule has 0 unspecified atom stereocenters. The van der Waals surface area contributed by atoms with Gasteiger partial charge in [-0.05, 0) is 44.1 Å². The fourth-order valence-electron chi connectivity index (χ4n) is 3.36. The lowest BCUT2D eigenvalue weighted by Crippen LogP contribution is -2.63. The van der Waals surface area contributed by atoms with Gasteiger partial charge in [0.15, 0.2) is 9.84 Å². The van der Waals surface area contributed by atoms with Crippen LogP contribution in [0.3, 0.4) is 0 Å². The van der Waals surface area contributed by atoms with E-state index in [1.54, 1.807) is 0 Å². The van der Waals surface area contributed by atoms with Crippen LogP contribution in [0.4, 0.5) is 0 Å². The molecular formula is C12H23NO2S. The molecule has 2 aliphatic rings. The zero-order valence-electron chi connectivity index (χ0n) is 10.4. The van der Waals surface area contributed by atoms with Crippen molar-refractivity contribution in [3.05, 3.63) is 0 Å². The maximum Gasteiger partial charge on any atom is 0.154 e. The Morgan fingerprint density at radius 1 is 1.25 bits per heavy atom. The molecule has 0 aromatic heterocycles. The van der Waals surface area contributed by atoms with E-state index in [0.717, 1.165) is 25.8 Å². The van der Waals surface area contributed by atoms with Crippen molar-refractivity contribution in [2.75, 3.05) is 19.3 Å². The zero-order valence-corrected chi connectivity index (χ0v) is 11.2. The van der Waals surface area contributed by atoms with E-state index in [2.05, 4.69) is 12.2 Å². The van der Waals surface area contributed by atoms with Crippen LogP contribution in [0.1, 0.15) is 45.4 Å². The first-order valence-electron chi connectivity index (χ1n) is 6.33. The molecular weight excluding hydrogens is 222 g/mol. The molecule has 0 amide bonds. The van der Waals surface area contributed by atoms with Gasteiger partial charge in [-0.1, -0.05) is 13.3 Å². The van der Waals surface area contributed by atoms with Crippen molar-refractivity contribution in [1.82, 2.24) is 5.32 Å². The van der Waals surface area contributed by atoms with Crippen molar-refractivity contribution in [1.29, 1.82) is 0 Å². The normalized spacial score (nSPS) is 26.1. The Labute approximate surface area is 98.9 Å². The van der Waals surface area contributed by atoms with E-state index in [9.17, 15) is 8.42 Å². The highest BCUT2D eigenvalue weighted by Crippen LogP contribution is 2.62. The minimum atomic E-state index is -2.92. The van der Waals surface area contributed by atoms with Gasteiger partial charge in [-0.3, -0.25) is 0 Å². The zero-order chi connectivity index (χ0) is 11.9. The van der Waals surface area contributed by atoms with Crippen LogP contribution in [0.5, 0.6) is 0 Å². The van der Waals surface area contributed by atoms with Gasteiger partial charge in [0.2, 0.25) is 0 Å². The van der Waals surface area contributed by atoms with E-state index >= 15 is 0 Å². The number of hydrogen-bond donors (Lipinski definition) is 1. The molecule has 0 aromatic carbocycles. The molecule has 2 fully saturated rings. The lowest BCUT2D eigenvalue weighted by atomic mass is 9.51. The summed E-state index contributed by atoms with van der Waals surface area (Å²) in [6.45, 7) is 3.68. The summed E-state index contributed by atoms with van der Waals surface area (Å²) < 4.78 is 23.4. The Balaban J connectivity index is 1.99. The highest BCUT2D eigenvalue weighted by Gasteiger charge is 2.61. The third-order valence-corrected chi connectivity index (χ3v) is 6.48. The van der Waals surface area contributed by atoms with Crippen molar-refractivity contribution in [2.24, 2.45) is 5.41 Å². The maximum atomic E-state index is 11.9. The summed E-state index contributed by atoms with van der Waals surface area (Å²) in [5.41, 5.74) is 0.414. The smallest absolute Gasteiger partial charge is 0.154 e. The summed E-state index contributed by atoms with van der Waals surface area (Å²) in [5.74, 6) is 0. The van der Waals surface area contributed by atoms with Gasteiger partial charge in [0.05, 0.1) is 4.75 Å². The number of sulfone groups is 1. The molecule has 1 N–H and O–H groups in total. The van der Waals surface area contributed by atoms with Crippen LogP contribution in [0.25, 0.3) is 0 Å². The van der Waals surface area contributed by atoms with Gasteiger partial charge in [-0.25, -0.2) is 8.42 Å². The van der Waals surface area contributed by atoms with E-state index in [0.29, 0.717) is 12.0 Å². The van der Waals surface area contributed by atoms with Gasteiger partial charge >= 0.3 is 0 Å². The summed E-state index contributed by atoms with van der Waals surface area (Å²) in [6.07, 6.45) is 8.06. The van der Waals surface area contributed by atoms with Crippen LogP contribution in [-0.2, 0) is 9.84 Å². The molecule has 0 bridgehead atoms. The molecule has 0 atom stereocenters. The van der Waals surface area contributed by atoms with Crippen LogP contribution in [0.2, 0.25) is 0 Å². The average molecular weight is 245 g/mol. The quantitative estimate of drug-likeness (QED) is 0.750. The molecule has 4 heteroatoms. The summed E-state index contributed by atoms with van der Waals surface area (Å²) in [6, 6.07) is 0. The van der Waals surface area contributed by atoms with Crippen molar-refractivity contribution < 1.29 is 8.42 Å². The fourth-order valence-corrected chi connectivity index (χ4v) is 4.86. The Bertz CT molecular complexity index is 349. The summed E-state index contributed by atoms with van der Waals surface area (Å²) in [4.78, 5) is 0. The van der Waals surface area contributed by atoms with Crippen LogP contribution in [0, 0.1) is 5.41 Å². The van der Waals surface area contributed by atoms with Crippen LogP contribution >= 0.6 is 0 Å². The molecule has 0 radical (unpaired) electrons. The molecule has 0 aliphatic heterocycles. The average Bonchev–Trinajstić information content (AvgIpc) is 2.03. The first-order chi connectivity index (χ1) is 7.43. The first-order valence-corrected chi connectivity index (χ1v) is 8.23. The minimum absolute atomic E-state index is 0.414. The Hall–Kier alpha value is -0.0900. The predicted octanol–water partition coefficient (Wildman–Crippen LogP) is 1.73. The summed E-state index contributed by atoms with van der Waals surface area (Å²) >= 11 is 0. The molecule has 3 nitrogen and oxygen atoms in total. The van der Waals surface area contributed by atoms with Crippen LogP contribution in [-0.4, -0.2) is 32.5 Å². The number of hydrogen-bond acceptors (Lipinski definition) is 3. The number of nitrogens with one attached hydrogen (secondary N) is 1. The molecule has 0 aromatic rings. The summed E-state index contributed by atoms with van der Waals surface area (Å²) in [7, 11) is -2.92. The van der Waals surface area contributed by atoms with Crippen molar-refractivity contribution in [3.63, 3.8) is 0 Å². The van der Waals surface area contributed by atoms with E-state index in [1.165, 1.54) is 25.5 Å². The molecule has 16 heavy (non-hydrogen) atoms. The third kappa shape index (κ3) is 1.90. The second-order valence-electron chi connectivity index (χ2n) is 5.84. The monoisotopic (exact) mass is 245 g/mol. The van der Waals surface area contributed by atoms with Gasteiger partial charge in [0.25, 0.3) is 0 Å². The van der Waals surface area contributed by atoms with Gasteiger partial charge < -0.3 is 5.32 Å². The third-order valence-electron chi connectivity index (χ3n) is 4.47. The molecule has 0 saturated heterocycles. The van der Waals surface area contributed by atoms with Crippen molar-refractivity contribution >= 4 is 9.84 Å². The molecule has 2 rings (SSSR count). The lowest BCUT2D eigenvalue weighted by Gasteiger charge is -2.60. The van der Waals surface area contributed by atoms with E-state index in [4.69, 9.17) is 0 Å². The SMILES string of the molecule is CCCNCC1(S(C)(=O)=O)CC2(CCC2)C1.